The molecule has 22 heavy (non-hydrogen) atoms. The van der Waals surface area contributed by atoms with Crippen LogP contribution in [0.4, 0.5) is 5.69 Å². The number of hydrogen-bond acceptors (Lipinski definition) is 1. The van der Waals surface area contributed by atoms with Crippen LogP contribution in [0, 0.1) is 0 Å². The van der Waals surface area contributed by atoms with Crippen LogP contribution >= 0.6 is 39.7 Å². The highest BCUT2D eigenvalue weighted by Gasteiger charge is 2.20. The quantitative estimate of drug-likeness (QED) is 0.660. The molecule has 0 saturated carbocycles. The standard InChI is InChI=1S/C17H16BrClN2S/c18-14-9-8-12(10-15(14)19)20-17(22)21-16-7-3-5-11-4-1-2-6-13(11)16/h1-2,4,6,8-10,16H,3,5,7H2,(H2,20,21,22)/t16-/m1/s1. The zero-order chi connectivity index (χ0) is 15.5. The van der Waals surface area contributed by atoms with Gasteiger partial charge in [0.2, 0.25) is 0 Å². The highest BCUT2D eigenvalue weighted by molar-refractivity contribution is 9.10. The minimum atomic E-state index is 0.274. The van der Waals surface area contributed by atoms with Crippen LogP contribution in [-0.2, 0) is 6.42 Å². The van der Waals surface area contributed by atoms with Crippen molar-refractivity contribution >= 4 is 50.5 Å². The van der Waals surface area contributed by atoms with Crippen molar-refractivity contribution in [1.82, 2.24) is 5.32 Å². The average Bonchev–Trinajstić information content (AvgIpc) is 2.51. The van der Waals surface area contributed by atoms with Gasteiger partial charge < -0.3 is 10.6 Å². The topological polar surface area (TPSA) is 24.1 Å². The summed E-state index contributed by atoms with van der Waals surface area (Å²) >= 11 is 14.9. The Hall–Kier alpha value is -1.10. The third kappa shape index (κ3) is 3.62. The number of fused-ring (bicyclic) bond motifs is 1. The van der Waals surface area contributed by atoms with Gasteiger partial charge in [-0.2, -0.15) is 0 Å². The minimum Gasteiger partial charge on any atom is -0.356 e. The summed E-state index contributed by atoms with van der Waals surface area (Å²) in [5, 5.41) is 7.91. The first-order valence-electron chi connectivity index (χ1n) is 7.24. The van der Waals surface area contributed by atoms with Crippen molar-refractivity contribution in [2.24, 2.45) is 0 Å². The fraction of sp³-hybridized carbons (Fsp3) is 0.235. The second-order valence-electron chi connectivity index (χ2n) is 5.37. The van der Waals surface area contributed by atoms with E-state index >= 15 is 0 Å². The van der Waals surface area contributed by atoms with Crippen LogP contribution in [0.1, 0.15) is 30.0 Å². The molecule has 2 aromatic rings. The number of benzene rings is 2. The Morgan fingerprint density at radius 3 is 2.86 bits per heavy atom. The SMILES string of the molecule is S=C(Nc1ccc(Br)c(Cl)c1)N[C@@H]1CCCc2ccccc21. The summed E-state index contributed by atoms with van der Waals surface area (Å²) in [6.45, 7) is 0. The molecule has 1 aliphatic carbocycles. The zero-order valence-corrected chi connectivity index (χ0v) is 15.1. The molecule has 0 saturated heterocycles. The van der Waals surface area contributed by atoms with Crippen LogP contribution in [0.25, 0.3) is 0 Å². The number of thiocarbonyl (C=S) groups is 1. The number of hydrogen-bond donors (Lipinski definition) is 2. The van der Waals surface area contributed by atoms with Crippen molar-refractivity contribution in [1.29, 1.82) is 0 Å². The van der Waals surface area contributed by atoms with Gasteiger partial charge in [-0.3, -0.25) is 0 Å². The summed E-state index contributed by atoms with van der Waals surface area (Å²) in [7, 11) is 0. The second-order valence-corrected chi connectivity index (χ2v) is 7.04. The van der Waals surface area contributed by atoms with Crippen LogP contribution in [-0.4, -0.2) is 5.11 Å². The molecule has 0 aliphatic heterocycles. The summed E-state index contributed by atoms with van der Waals surface area (Å²) in [6.07, 6.45) is 3.43. The Morgan fingerprint density at radius 1 is 1.23 bits per heavy atom. The van der Waals surface area contributed by atoms with E-state index in [2.05, 4.69) is 50.8 Å². The summed E-state index contributed by atoms with van der Waals surface area (Å²) in [5.74, 6) is 0. The molecule has 2 aromatic carbocycles. The molecule has 0 bridgehead atoms. The second kappa shape index (κ2) is 6.99. The first-order valence-corrected chi connectivity index (χ1v) is 8.82. The molecular weight excluding hydrogens is 380 g/mol. The van der Waals surface area contributed by atoms with E-state index in [-0.39, 0.29) is 6.04 Å². The van der Waals surface area contributed by atoms with Gasteiger partial charge in [-0.15, -0.1) is 0 Å². The molecule has 0 radical (unpaired) electrons. The van der Waals surface area contributed by atoms with Gasteiger partial charge in [0.1, 0.15) is 0 Å². The van der Waals surface area contributed by atoms with Crippen LogP contribution in [0.15, 0.2) is 46.9 Å². The lowest BCUT2D eigenvalue weighted by Crippen LogP contribution is -2.34. The lowest BCUT2D eigenvalue weighted by molar-refractivity contribution is 0.529. The van der Waals surface area contributed by atoms with Gasteiger partial charge in [0.25, 0.3) is 0 Å². The zero-order valence-electron chi connectivity index (χ0n) is 11.9. The Morgan fingerprint density at radius 2 is 2.05 bits per heavy atom. The van der Waals surface area contributed by atoms with E-state index in [1.54, 1.807) is 0 Å². The lowest BCUT2D eigenvalue weighted by atomic mass is 9.88. The number of aryl methyl sites for hydroxylation is 1. The summed E-state index contributed by atoms with van der Waals surface area (Å²) in [6, 6.07) is 14.6. The molecule has 1 atom stereocenters. The van der Waals surface area contributed by atoms with Gasteiger partial charge >= 0.3 is 0 Å². The van der Waals surface area contributed by atoms with Gasteiger partial charge in [-0.25, -0.2) is 0 Å². The predicted octanol–water partition coefficient (Wildman–Crippen LogP) is 5.47. The minimum absolute atomic E-state index is 0.274. The van der Waals surface area contributed by atoms with Gasteiger partial charge in [-0.05, 0) is 76.7 Å². The van der Waals surface area contributed by atoms with E-state index in [4.69, 9.17) is 23.8 Å². The summed E-state index contributed by atoms with van der Waals surface area (Å²) < 4.78 is 0.875. The molecule has 0 fully saturated rings. The van der Waals surface area contributed by atoms with Gasteiger partial charge in [0, 0.05) is 10.2 Å². The molecule has 0 unspecified atom stereocenters. The van der Waals surface area contributed by atoms with Gasteiger partial charge in [0.05, 0.1) is 11.1 Å². The maximum absolute atomic E-state index is 6.11. The van der Waals surface area contributed by atoms with Crippen molar-refractivity contribution in [2.75, 3.05) is 5.32 Å². The number of nitrogens with one attached hydrogen (secondary N) is 2. The normalized spacial score (nSPS) is 16.7. The maximum atomic E-state index is 6.11. The van der Waals surface area contributed by atoms with E-state index in [9.17, 15) is 0 Å². The van der Waals surface area contributed by atoms with Crippen molar-refractivity contribution in [3.8, 4) is 0 Å². The van der Waals surface area contributed by atoms with E-state index in [1.165, 1.54) is 17.5 Å². The van der Waals surface area contributed by atoms with Crippen molar-refractivity contribution in [3.05, 3.63) is 63.1 Å². The Bertz CT molecular complexity index is 705. The Kier molecular flexibility index (Phi) is 5.01. The molecule has 2 nitrogen and oxygen atoms in total. The number of anilines is 1. The van der Waals surface area contributed by atoms with Gasteiger partial charge in [-0.1, -0.05) is 35.9 Å². The third-order valence-electron chi connectivity index (χ3n) is 3.85. The highest BCUT2D eigenvalue weighted by atomic mass is 79.9. The first-order chi connectivity index (χ1) is 10.6. The molecular formula is C17H16BrClN2S. The maximum Gasteiger partial charge on any atom is 0.171 e. The van der Waals surface area contributed by atoms with E-state index < -0.39 is 0 Å². The molecule has 2 N–H and O–H groups in total. The van der Waals surface area contributed by atoms with Crippen LogP contribution in [0.2, 0.25) is 5.02 Å². The van der Waals surface area contributed by atoms with Crippen LogP contribution in [0.5, 0.6) is 0 Å². The smallest absolute Gasteiger partial charge is 0.171 e. The molecule has 0 aromatic heterocycles. The van der Waals surface area contributed by atoms with Crippen molar-refractivity contribution < 1.29 is 0 Å². The van der Waals surface area contributed by atoms with Crippen LogP contribution < -0.4 is 10.6 Å². The molecule has 0 amide bonds. The Balaban J connectivity index is 1.69. The third-order valence-corrected chi connectivity index (χ3v) is 5.30. The molecule has 3 rings (SSSR count). The fourth-order valence-electron chi connectivity index (χ4n) is 2.80. The molecule has 0 heterocycles. The summed E-state index contributed by atoms with van der Waals surface area (Å²) in [4.78, 5) is 0. The monoisotopic (exact) mass is 394 g/mol. The van der Waals surface area contributed by atoms with E-state index in [0.717, 1.165) is 23.0 Å². The van der Waals surface area contributed by atoms with Gasteiger partial charge in [0.15, 0.2) is 5.11 Å². The molecule has 1 aliphatic rings. The average molecular weight is 396 g/mol. The molecule has 5 heteroatoms. The Labute approximate surface area is 149 Å². The van der Waals surface area contributed by atoms with E-state index in [1.807, 2.05) is 18.2 Å². The fourth-order valence-corrected chi connectivity index (χ4v) is 3.49. The number of rotatable bonds is 2. The predicted molar refractivity (Wildman–Crippen MR) is 101 cm³/mol. The molecule has 0 spiro atoms. The largest absolute Gasteiger partial charge is 0.356 e. The molecule has 114 valence electrons. The lowest BCUT2D eigenvalue weighted by Gasteiger charge is -2.27. The summed E-state index contributed by atoms with van der Waals surface area (Å²) in [5.41, 5.74) is 3.65. The van der Waals surface area contributed by atoms with Crippen LogP contribution in [0.3, 0.4) is 0 Å². The highest BCUT2D eigenvalue weighted by Crippen LogP contribution is 2.30. The van der Waals surface area contributed by atoms with Crippen molar-refractivity contribution in [3.63, 3.8) is 0 Å². The van der Waals surface area contributed by atoms with Crippen molar-refractivity contribution in [2.45, 2.75) is 25.3 Å². The first kappa shape index (κ1) is 15.8. The van der Waals surface area contributed by atoms with E-state index in [0.29, 0.717) is 10.1 Å². The number of halogens is 2.